The molecule has 0 aliphatic carbocycles. The summed E-state index contributed by atoms with van der Waals surface area (Å²) >= 11 is 1.52. The summed E-state index contributed by atoms with van der Waals surface area (Å²) in [5.74, 6) is 0.0105. The molecule has 0 bridgehead atoms. The lowest BCUT2D eigenvalue weighted by Crippen LogP contribution is -2.07. The SMILES string of the molecule is Cc1nc(-c2ccc(C(F)(F)F)cc2)sc1CC(c1c(C)n[nH]c1C)c1c[nH]c2ncccc12. The number of halogens is 3. The normalized spacial score (nSPS) is 13.0. The second-order valence-corrected chi connectivity index (χ2v) is 9.43. The van der Waals surface area contributed by atoms with Crippen molar-refractivity contribution < 1.29 is 13.2 Å². The van der Waals surface area contributed by atoms with Crippen molar-refractivity contribution >= 4 is 22.4 Å². The van der Waals surface area contributed by atoms with Gasteiger partial charge < -0.3 is 4.98 Å². The van der Waals surface area contributed by atoms with Crippen molar-refractivity contribution in [3.05, 3.63) is 87.4 Å². The van der Waals surface area contributed by atoms with Crippen LogP contribution in [0.2, 0.25) is 0 Å². The fraction of sp³-hybridized carbons (Fsp3) is 0.240. The summed E-state index contributed by atoms with van der Waals surface area (Å²) in [6, 6.07) is 9.15. The third-order valence-corrected chi connectivity index (χ3v) is 7.36. The van der Waals surface area contributed by atoms with E-state index in [1.807, 2.05) is 33.0 Å². The van der Waals surface area contributed by atoms with Crippen LogP contribution in [0.1, 0.15) is 44.6 Å². The minimum Gasteiger partial charge on any atom is -0.346 e. The minimum absolute atomic E-state index is 0.0105. The maximum Gasteiger partial charge on any atom is 0.416 e. The van der Waals surface area contributed by atoms with Crippen LogP contribution >= 0.6 is 11.3 Å². The topological polar surface area (TPSA) is 70.2 Å². The molecule has 0 saturated carbocycles. The number of aromatic nitrogens is 5. The summed E-state index contributed by atoms with van der Waals surface area (Å²) < 4.78 is 38.9. The van der Waals surface area contributed by atoms with E-state index < -0.39 is 11.7 Å². The summed E-state index contributed by atoms with van der Waals surface area (Å²) in [6.45, 7) is 5.96. The highest BCUT2D eigenvalue weighted by atomic mass is 32.1. The quantitative estimate of drug-likeness (QED) is 0.292. The number of nitrogens with zero attached hydrogens (tertiary/aromatic N) is 3. The Morgan fingerprint density at radius 3 is 2.47 bits per heavy atom. The highest BCUT2D eigenvalue weighted by molar-refractivity contribution is 7.15. The molecule has 34 heavy (non-hydrogen) atoms. The molecule has 4 heterocycles. The number of pyridine rings is 1. The van der Waals surface area contributed by atoms with E-state index in [2.05, 4.69) is 31.2 Å². The van der Waals surface area contributed by atoms with Gasteiger partial charge in [-0.25, -0.2) is 9.97 Å². The van der Waals surface area contributed by atoms with Crippen molar-refractivity contribution in [3.63, 3.8) is 0 Å². The molecule has 174 valence electrons. The van der Waals surface area contributed by atoms with Crippen molar-refractivity contribution in [2.45, 2.75) is 39.3 Å². The number of hydrogen-bond acceptors (Lipinski definition) is 4. The molecule has 0 aliphatic heterocycles. The molecule has 1 aromatic carbocycles. The zero-order chi connectivity index (χ0) is 24.0. The molecule has 5 aromatic rings. The first kappa shape index (κ1) is 22.3. The number of aromatic amines is 2. The van der Waals surface area contributed by atoms with Gasteiger partial charge in [0.1, 0.15) is 10.7 Å². The average molecular weight is 482 g/mol. The van der Waals surface area contributed by atoms with Crippen molar-refractivity contribution in [3.8, 4) is 10.6 Å². The Morgan fingerprint density at radius 2 is 1.79 bits per heavy atom. The summed E-state index contributed by atoms with van der Waals surface area (Å²) in [6.07, 6.45) is 0.0917. The smallest absolute Gasteiger partial charge is 0.346 e. The lowest BCUT2D eigenvalue weighted by atomic mass is 9.86. The second kappa shape index (κ2) is 8.39. The van der Waals surface area contributed by atoms with Crippen LogP contribution in [0.5, 0.6) is 0 Å². The molecule has 5 rings (SSSR count). The highest BCUT2D eigenvalue weighted by Crippen LogP contribution is 2.39. The van der Waals surface area contributed by atoms with Crippen LogP contribution in [-0.2, 0) is 12.6 Å². The average Bonchev–Trinajstić information content (AvgIpc) is 3.49. The van der Waals surface area contributed by atoms with Crippen LogP contribution < -0.4 is 0 Å². The van der Waals surface area contributed by atoms with Gasteiger partial charge in [0.2, 0.25) is 0 Å². The van der Waals surface area contributed by atoms with E-state index in [4.69, 9.17) is 0 Å². The third-order valence-electron chi connectivity index (χ3n) is 6.13. The Morgan fingerprint density at radius 1 is 1.03 bits per heavy atom. The van der Waals surface area contributed by atoms with Gasteiger partial charge in [-0.15, -0.1) is 11.3 Å². The van der Waals surface area contributed by atoms with E-state index in [-0.39, 0.29) is 5.92 Å². The molecule has 2 N–H and O–H groups in total. The van der Waals surface area contributed by atoms with Crippen LogP contribution in [0.15, 0.2) is 48.8 Å². The first-order valence-electron chi connectivity index (χ1n) is 10.8. The van der Waals surface area contributed by atoms with Gasteiger partial charge in [0.25, 0.3) is 0 Å². The number of rotatable bonds is 5. The maximum atomic E-state index is 13.0. The largest absolute Gasteiger partial charge is 0.416 e. The van der Waals surface area contributed by atoms with Crippen LogP contribution in [-0.4, -0.2) is 25.1 Å². The van der Waals surface area contributed by atoms with Crippen LogP contribution in [0.3, 0.4) is 0 Å². The van der Waals surface area contributed by atoms with Gasteiger partial charge in [-0.3, -0.25) is 5.10 Å². The minimum atomic E-state index is -4.36. The molecule has 0 saturated heterocycles. The number of alkyl halides is 3. The molecule has 0 spiro atoms. The van der Waals surface area contributed by atoms with Gasteiger partial charge in [0.15, 0.2) is 0 Å². The third kappa shape index (κ3) is 4.00. The number of aryl methyl sites for hydroxylation is 3. The van der Waals surface area contributed by atoms with Crippen LogP contribution in [0.4, 0.5) is 13.2 Å². The molecule has 0 radical (unpaired) electrons. The van der Waals surface area contributed by atoms with Crippen LogP contribution in [0.25, 0.3) is 21.6 Å². The molecule has 0 amide bonds. The Bertz CT molecular complexity index is 1440. The van der Waals surface area contributed by atoms with Gasteiger partial charge in [-0.1, -0.05) is 12.1 Å². The first-order chi connectivity index (χ1) is 16.2. The monoisotopic (exact) mass is 481 g/mol. The Labute approximate surface area is 198 Å². The van der Waals surface area contributed by atoms with Crippen molar-refractivity contribution in [1.29, 1.82) is 0 Å². The Hall–Kier alpha value is -3.46. The van der Waals surface area contributed by atoms with E-state index >= 15 is 0 Å². The van der Waals surface area contributed by atoms with Gasteiger partial charge in [-0.2, -0.15) is 18.3 Å². The zero-order valence-electron chi connectivity index (χ0n) is 18.8. The second-order valence-electron chi connectivity index (χ2n) is 8.35. The molecule has 9 heteroatoms. The fourth-order valence-corrected chi connectivity index (χ4v) is 5.55. The van der Waals surface area contributed by atoms with Crippen LogP contribution in [0, 0.1) is 20.8 Å². The molecule has 5 nitrogen and oxygen atoms in total. The number of thiazole rings is 1. The number of nitrogens with one attached hydrogen (secondary N) is 2. The first-order valence-corrected chi connectivity index (χ1v) is 11.6. The molecule has 4 aromatic heterocycles. The van der Waals surface area contributed by atoms with Gasteiger partial charge >= 0.3 is 6.18 Å². The molecule has 0 fully saturated rings. The number of benzene rings is 1. The van der Waals surface area contributed by atoms with E-state index in [0.717, 1.165) is 56.3 Å². The molecule has 0 aliphatic rings. The molecular weight excluding hydrogens is 459 g/mol. The van der Waals surface area contributed by atoms with Crippen molar-refractivity contribution in [1.82, 2.24) is 25.1 Å². The fourth-order valence-electron chi connectivity index (χ4n) is 4.43. The number of fused-ring (bicyclic) bond motifs is 1. The Balaban J connectivity index is 1.54. The summed E-state index contributed by atoms with van der Waals surface area (Å²) in [5, 5.41) is 9.28. The maximum absolute atomic E-state index is 13.0. The van der Waals surface area contributed by atoms with Gasteiger partial charge in [0, 0.05) is 45.4 Å². The summed E-state index contributed by atoms with van der Waals surface area (Å²) in [5.41, 5.74) is 5.92. The number of H-pyrrole nitrogens is 2. The lowest BCUT2D eigenvalue weighted by molar-refractivity contribution is -0.137. The van der Waals surface area contributed by atoms with Crippen molar-refractivity contribution in [2.75, 3.05) is 0 Å². The lowest BCUT2D eigenvalue weighted by Gasteiger charge is -2.17. The van der Waals surface area contributed by atoms with E-state index in [0.29, 0.717) is 17.0 Å². The van der Waals surface area contributed by atoms with E-state index in [9.17, 15) is 13.2 Å². The predicted octanol–water partition coefficient (Wildman–Crippen LogP) is 6.73. The predicted molar refractivity (Wildman–Crippen MR) is 127 cm³/mol. The highest BCUT2D eigenvalue weighted by Gasteiger charge is 2.30. The Kier molecular flexibility index (Phi) is 5.51. The zero-order valence-corrected chi connectivity index (χ0v) is 19.6. The van der Waals surface area contributed by atoms with Crippen molar-refractivity contribution in [2.24, 2.45) is 0 Å². The summed E-state index contributed by atoms with van der Waals surface area (Å²) in [7, 11) is 0. The van der Waals surface area contributed by atoms with E-state index in [1.165, 1.54) is 23.5 Å². The van der Waals surface area contributed by atoms with Gasteiger partial charge in [-0.05, 0) is 57.0 Å². The summed E-state index contributed by atoms with van der Waals surface area (Å²) in [4.78, 5) is 13.5. The molecule has 1 unspecified atom stereocenters. The molecule has 1 atom stereocenters. The van der Waals surface area contributed by atoms with Gasteiger partial charge in [0.05, 0.1) is 17.0 Å². The number of hydrogen-bond donors (Lipinski definition) is 2. The molecular formula is C25H22F3N5S. The van der Waals surface area contributed by atoms with E-state index in [1.54, 1.807) is 6.20 Å². The standard InChI is InChI=1S/C25H22F3N5S/c1-13-21(34-24(31-13)16-6-8-17(9-7-16)25(26,27)28)11-19(22-14(2)32-33-15(22)3)20-12-30-23-18(20)5-4-10-29-23/h4-10,12,19H,11H2,1-3H3,(H,29,30)(H,32,33).